The van der Waals surface area contributed by atoms with Gasteiger partial charge in [-0.05, 0) is 18.2 Å². The Morgan fingerprint density at radius 1 is 1.59 bits per heavy atom. The number of hydrogen-bond acceptors (Lipinski definition) is 5. The minimum atomic E-state index is -1.04. The Hall–Kier alpha value is -1.73. The first-order valence-electron chi connectivity index (χ1n) is 4.55. The molecule has 0 saturated heterocycles. The zero-order chi connectivity index (χ0) is 11.7. The van der Waals surface area contributed by atoms with Gasteiger partial charge in [-0.2, -0.15) is 5.10 Å². The molecule has 0 fully saturated rings. The molecular formula is C10H13N3O3S. The summed E-state index contributed by atoms with van der Waals surface area (Å²) in [4.78, 5) is 10.7. The predicted octanol–water partition coefficient (Wildman–Crippen LogP) is 1.72. The van der Waals surface area contributed by atoms with E-state index in [0.717, 1.165) is 5.39 Å². The number of rotatable bonds is 3. The SMILES string of the molecule is COc1ccc2nn(C(S)C(=O)O)cc2c1.N. The first kappa shape index (κ1) is 13.3. The first-order chi connectivity index (χ1) is 7.61. The van der Waals surface area contributed by atoms with Crippen molar-refractivity contribution in [2.45, 2.75) is 5.37 Å². The third-order valence-electron chi connectivity index (χ3n) is 2.20. The van der Waals surface area contributed by atoms with E-state index in [9.17, 15) is 4.79 Å². The standard InChI is InChI=1S/C10H10N2O3S.H3N/c1-15-7-2-3-8-6(4-7)5-12(11-8)9(16)10(13)14;/h2-5,9,16H,1H3,(H,13,14);1H3. The summed E-state index contributed by atoms with van der Waals surface area (Å²) in [6.07, 6.45) is 1.63. The van der Waals surface area contributed by atoms with Crippen LogP contribution in [0.25, 0.3) is 10.9 Å². The number of carbonyl (C=O) groups is 1. The molecule has 1 atom stereocenters. The molecule has 1 unspecified atom stereocenters. The number of aliphatic carboxylic acids is 1. The molecule has 1 aromatic heterocycles. The lowest BCUT2D eigenvalue weighted by molar-refractivity contribution is -0.138. The second kappa shape index (κ2) is 5.07. The van der Waals surface area contributed by atoms with Gasteiger partial charge in [-0.1, -0.05) is 0 Å². The molecule has 4 N–H and O–H groups in total. The van der Waals surface area contributed by atoms with Crippen molar-refractivity contribution in [3.05, 3.63) is 24.4 Å². The van der Waals surface area contributed by atoms with Crippen molar-refractivity contribution < 1.29 is 14.6 Å². The van der Waals surface area contributed by atoms with Gasteiger partial charge < -0.3 is 16.0 Å². The summed E-state index contributed by atoms with van der Waals surface area (Å²) in [5.74, 6) is -0.332. The maximum Gasteiger partial charge on any atom is 0.338 e. The number of ether oxygens (including phenoxy) is 1. The number of benzene rings is 1. The van der Waals surface area contributed by atoms with Crippen LogP contribution >= 0.6 is 12.6 Å². The van der Waals surface area contributed by atoms with Crippen molar-refractivity contribution in [3.8, 4) is 5.75 Å². The lowest BCUT2D eigenvalue weighted by Crippen LogP contribution is -2.13. The minimum absolute atomic E-state index is 0. The van der Waals surface area contributed by atoms with Gasteiger partial charge in [0.15, 0.2) is 5.37 Å². The largest absolute Gasteiger partial charge is 0.497 e. The van der Waals surface area contributed by atoms with Gasteiger partial charge in [0.2, 0.25) is 0 Å². The van der Waals surface area contributed by atoms with E-state index in [-0.39, 0.29) is 6.15 Å². The van der Waals surface area contributed by atoms with Gasteiger partial charge in [-0.15, -0.1) is 12.6 Å². The highest BCUT2D eigenvalue weighted by Crippen LogP contribution is 2.22. The highest BCUT2D eigenvalue weighted by Gasteiger charge is 2.15. The predicted molar refractivity (Wildman–Crippen MR) is 67.0 cm³/mol. The number of carboxylic acids is 1. The molecule has 0 saturated carbocycles. The van der Waals surface area contributed by atoms with E-state index < -0.39 is 11.3 Å². The van der Waals surface area contributed by atoms with Crippen LogP contribution in [0.2, 0.25) is 0 Å². The topological polar surface area (TPSA) is 99.4 Å². The second-order valence-corrected chi connectivity index (χ2v) is 3.73. The van der Waals surface area contributed by atoms with Gasteiger partial charge in [-0.25, -0.2) is 9.48 Å². The Bertz CT molecular complexity index is 541. The Morgan fingerprint density at radius 2 is 2.29 bits per heavy atom. The maximum absolute atomic E-state index is 10.7. The highest BCUT2D eigenvalue weighted by molar-refractivity contribution is 7.81. The molecule has 92 valence electrons. The van der Waals surface area contributed by atoms with Gasteiger partial charge in [0.05, 0.1) is 12.6 Å². The Labute approximate surface area is 103 Å². The molecule has 1 heterocycles. The van der Waals surface area contributed by atoms with Crippen LogP contribution in [0.3, 0.4) is 0 Å². The molecule has 0 aliphatic rings. The summed E-state index contributed by atoms with van der Waals surface area (Å²) in [6, 6.07) is 5.34. The second-order valence-electron chi connectivity index (χ2n) is 3.25. The smallest absolute Gasteiger partial charge is 0.338 e. The number of methoxy groups -OCH3 is 1. The Morgan fingerprint density at radius 3 is 2.88 bits per heavy atom. The van der Waals surface area contributed by atoms with E-state index in [1.165, 1.54) is 4.68 Å². The van der Waals surface area contributed by atoms with E-state index in [1.807, 2.05) is 0 Å². The highest BCUT2D eigenvalue weighted by atomic mass is 32.1. The van der Waals surface area contributed by atoms with Crippen LogP contribution in [0.5, 0.6) is 5.75 Å². The van der Waals surface area contributed by atoms with E-state index in [2.05, 4.69) is 17.7 Å². The number of fused-ring (bicyclic) bond motifs is 1. The van der Waals surface area contributed by atoms with Crippen LogP contribution in [0.15, 0.2) is 24.4 Å². The number of hydrogen-bond donors (Lipinski definition) is 3. The Kier molecular flexibility index (Phi) is 3.97. The van der Waals surface area contributed by atoms with Crippen LogP contribution in [-0.4, -0.2) is 28.0 Å². The van der Waals surface area contributed by atoms with Crippen LogP contribution in [-0.2, 0) is 4.79 Å². The van der Waals surface area contributed by atoms with E-state index in [4.69, 9.17) is 9.84 Å². The zero-order valence-corrected chi connectivity index (χ0v) is 10.1. The van der Waals surface area contributed by atoms with Crippen LogP contribution < -0.4 is 10.9 Å². The molecule has 2 aromatic rings. The number of carboxylic acid groups (broad SMARTS) is 1. The summed E-state index contributed by atoms with van der Waals surface area (Å²) in [6.45, 7) is 0. The number of aromatic nitrogens is 2. The lowest BCUT2D eigenvalue weighted by atomic mass is 10.2. The summed E-state index contributed by atoms with van der Waals surface area (Å²) >= 11 is 3.94. The fourth-order valence-electron chi connectivity index (χ4n) is 1.39. The molecule has 0 aliphatic carbocycles. The van der Waals surface area contributed by atoms with Gasteiger partial charge in [-0.3, -0.25) is 0 Å². The first-order valence-corrected chi connectivity index (χ1v) is 5.07. The average molecular weight is 255 g/mol. The summed E-state index contributed by atoms with van der Waals surface area (Å²) in [7, 11) is 1.57. The van der Waals surface area contributed by atoms with Crippen LogP contribution in [0.4, 0.5) is 0 Å². The summed E-state index contributed by atoms with van der Waals surface area (Å²) in [5, 5.41) is 12.8. The van der Waals surface area contributed by atoms with Crippen LogP contribution in [0, 0.1) is 0 Å². The lowest BCUT2D eigenvalue weighted by Gasteiger charge is -2.03. The van der Waals surface area contributed by atoms with Crippen molar-refractivity contribution in [3.63, 3.8) is 0 Å². The molecule has 2 rings (SSSR count). The zero-order valence-electron chi connectivity index (χ0n) is 9.20. The van der Waals surface area contributed by atoms with Crippen molar-refractivity contribution in [2.75, 3.05) is 7.11 Å². The third-order valence-corrected chi connectivity index (χ3v) is 2.66. The quantitative estimate of drug-likeness (QED) is 0.725. The monoisotopic (exact) mass is 255 g/mol. The normalized spacial score (nSPS) is 11.9. The van der Waals surface area contributed by atoms with Crippen molar-refractivity contribution in [1.29, 1.82) is 0 Å². The van der Waals surface area contributed by atoms with Crippen LogP contribution in [0.1, 0.15) is 5.37 Å². The van der Waals surface area contributed by atoms with Crippen molar-refractivity contribution in [1.82, 2.24) is 15.9 Å². The molecule has 0 aliphatic heterocycles. The third kappa shape index (κ3) is 2.51. The van der Waals surface area contributed by atoms with E-state index in [1.54, 1.807) is 31.5 Å². The minimum Gasteiger partial charge on any atom is -0.497 e. The van der Waals surface area contributed by atoms with E-state index >= 15 is 0 Å². The summed E-state index contributed by atoms with van der Waals surface area (Å²) in [5.41, 5.74) is 0.709. The molecular weight excluding hydrogens is 242 g/mol. The number of nitrogens with zero attached hydrogens (tertiary/aromatic N) is 2. The van der Waals surface area contributed by atoms with Gasteiger partial charge >= 0.3 is 5.97 Å². The summed E-state index contributed by atoms with van der Waals surface area (Å²) < 4.78 is 6.37. The molecule has 0 bridgehead atoms. The van der Waals surface area contributed by atoms with Gasteiger partial charge in [0.1, 0.15) is 5.75 Å². The van der Waals surface area contributed by atoms with Crippen molar-refractivity contribution in [2.24, 2.45) is 0 Å². The Balaban J connectivity index is 0.00000144. The molecule has 6 nitrogen and oxygen atoms in total. The molecule has 1 aromatic carbocycles. The fourth-order valence-corrected chi connectivity index (χ4v) is 1.51. The van der Waals surface area contributed by atoms with E-state index in [0.29, 0.717) is 11.3 Å². The molecule has 17 heavy (non-hydrogen) atoms. The van der Waals surface area contributed by atoms with Gasteiger partial charge in [0.25, 0.3) is 0 Å². The van der Waals surface area contributed by atoms with Gasteiger partial charge in [0, 0.05) is 11.6 Å². The maximum atomic E-state index is 10.7. The molecule has 7 heteroatoms. The molecule has 0 spiro atoms. The molecule has 0 radical (unpaired) electrons. The fraction of sp³-hybridized carbons (Fsp3) is 0.200. The number of thiol groups is 1. The molecule has 0 amide bonds. The average Bonchev–Trinajstić information content (AvgIpc) is 2.69. The van der Waals surface area contributed by atoms with Crippen molar-refractivity contribution >= 4 is 29.5 Å².